The third-order valence-electron chi connectivity index (χ3n) is 6.04. The monoisotopic (exact) mass is 643 g/mol. The Morgan fingerprint density at radius 2 is 1.52 bits per heavy atom. The van der Waals surface area contributed by atoms with Crippen molar-refractivity contribution in [2.75, 3.05) is 17.4 Å². The van der Waals surface area contributed by atoms with E-state index < -0.39 is 28.5 Å². The van der Waals surface area contributed by atoms with Crippen LogP contribution < -0.4 is 9.62 Å². The summed E-state index contributed by atoms with van der Waals surface area (Å²) in [4.78, 5) is 28.5. The van der Waals surface area contributed by atoms with Crippen LogP contribution in [0.1, 0.15) is 32.3 Å². The number of amides is 2. The van der Waals surface area contributed by atoms with Crippen LogP contribution in [0.4, 0.5) is 5.69 Å². The molecule has 0 saturated carbocycles. The summed E-state index contributed by atoms with van der Waals surface area (Å²) in [6, 6.07) is 15.9. The Bertz CT molecular complexity index is 1430. The van der Waals surface area contributed by atoms with E-state index in [9.17, 15) is 18.0 Å². The van der Waals surface area contributed by atoms with Gasteiger partial charge in [-0.3, -0.25) is 13.9 Å². The van der Waals surface area contributed by atoms with Crippen LogP contribution in [-0.4, -0.2) is 44.3 Å². The van der Waals surface area contributed by atoms with Crippen LogP contribution in [0.3, 0.4) is 0 Å². The lowest BCUT2D eigenvalue weighted by molar-refractivity contribution is -0.140. The van der Waals surface area contributed by atoms with Crippen LogP contribution >= 0.6 is 46.4 Å². The summed E-state index contributed by atoms with van der Waals surface area (Å²) in [5.74, 6) is -0.980. The second-order valence-electron chi connectivity index (χ2n) is 8.92. The minimum Gasteiger partial charge on any atom is -0.354 e. The fourth-order valence-electron chi connectivity index (χ4n) is 4.05. The van der Waals surface area contributed by atoms with E-state index in [1.165, 1.54) is 35.2 Å². The maximum absolute atomic E-state index is 14.0. The van der Waals surface area contributed by atoms with Gasteiger partial charge in [-0.1, -0.05) is 84.5 Å². The highest BCUT2D eigenvalue weighted by Gasteiger charge is 2.34. The van der Waals surface area contributed by atoms with E-state index >= 15 is 0 Å². The van der Waals surface area contributed by atoms with Crippen molar-refractivity contribution in [3.05, 3.63) is 92.4 Å². The normalized spacial score (nSPS) is 12.1. The molecule has 214 valence electrons. The Morgan fingerprint density at radius 1 is 0.875 bits per heavy atom. The molecule has 3 rings (SSSR count). The van der Waals surface area contributed by atoms with Crippen LogP contribution in [0.15, 0.2) is 71.6 Å². The second kappa shape index (κ2) is 14.4. The number of nitrogens with one attached hydrogen (secondary N) is 1. The molecule has 3 aromatic carbocycles. The minimum absolute atomic E-state index is 0.0288. The molecule has 0 bridgehead atoms. The summed E-state index contributed by atoms with van der Waals surface area (Å²) in [5.41, 5.74) is 0.645. The molecule has 0 spiro atoms. The third kappa shape index (κ3) is 8.04. The van der Waals surface area contributed by atoms with Gasteiger partial charge < -0.3 is 10.2 Å². The van der Waals surface area contributed by atoms with E-state index in [1.54, 1.807) is 43.3 Å². The lowest BCUT2D eigenvalue weighted by Crippen LogP contribution is -2.52. The number of nitrogens with zero attached hydrogens (tertiary/aromatic N) is 2. The van der Waals surface area contributed by atoms with Gasteiger partial charge in [-0.05, 0) is 60.9 Å². The Balaban J connectivity index is 2.09. The van der Waals surface area contributed by atoms with Crippen molar-refractivity contribution in [2.24, 2.45) is 0 Å². The largest absolute Gasteiger partial charge is 0.354 e. The van der Waals surface area contributed by atoms with Gasteiger partial charge in [0.2, 0.25) is 11.8 Å². The molecule has 0 heterocycles. The Labute approximate surface area is 255 Å². The van der Waals surface area contributed by atoms with E-state index in [0.717, 1.165) is 4.31 Å². The van der Waals surface area contributed by atoms with Crippen LogP contribution in [0.5, 0.6) is 0 Å². The molecule has 0 saturated heterocycles. The number of sulfonamides is 1. The van der Waals surface area contributed by atoms with Crippen molar-refractivity contribution in [3.8, 4) is 0 Å². The number of hydrogen-bond acceptors (Lipinski definition) is 4. The first kappa shape index (κ1) is 32.0. The molecule has 0 fully saturated rings. The Morgan fingerprint density at radius 3 is 2.10 bits per heavy atom. The lowest BCUT2D eigenvalue weighted by Gasteiger charge is -2.33. The summed E-state index contributed by atoms with van der Waals surface area (Å²) in [7, 11) is -4.25. The highest BCUT2D eigenvalue weighted by molar-refractivity contribution is 7.92. The Hall–Kier alpha value is -2.49. The van der Waals surface area contributed by atoms with E-state index in [0.29, 0.717) is 28.6 Å². The van der Waals surface area contributed by atoms with Crippen molar-refractivity contribution >= 4 is 73.9 Å². The molecule has 1 N–H and O–H groups in total. The summed E-state index contributed by atoms with van der Waals surface area (Å²) in [5, 5.41) is 3.94. The van der Waals surface area contributed by atoms with Gasteiger partial charge in [0.05, 0.1) is 10.6 Å². The average Bonchev–Trinajstić information content (AvgIpc) is 2.91. The molecular formula is C28H29Cl4N3O4S. The van der Waals surface area contributed by atoms with Crippen molar-refractivity contribution in [2.45, 2.75) is 44.2 Å². The standard InChI is InChI=1S/C28H29Cl4N3O4S/c1-3-12-33-28(37)26(4-2)34(17-19-10-11-20(29)16-25(19)32)27(36)18-35(23-14-21(30)13-22(31)15-23)40(38,39)24-8-6-5-7-9-24/h5-11,13-16,26H,3-4,12,17-18H2,1-2H3,(H,33,37)/t26-/m1/s1. The molecule has 0 aliphatic carbocycles. The zero-order valence-electron chi connectivity index (χ0n) is 21.9. The molecule has 0 radical (unpaired) electrons. The lowest BCUT2D eigenvalue weighted by atomic mass is 10.1. The van der Waals surface area contributed by atoms with E-state index in [2.05, 4.69) is 5.32 Å². The van der Waals surface area contributed by atoms with Crippen LogP contribution in [0.25, 0.3) is 0 Å². The highest BCUT2D eigenvalue weighted by Crippen LogP contribution is 2.30. The van der Waals surface area contributed by atoms with Crippen LogP contribution in [0.2, 0.25) is 20.1 Å². The zero-order valence-corrected chi connectivity index (χ0v) is 25.8. The molecule has 2 amide bonds. The van der Waals surface area contributed by atoms with Gasteiger partial charge in [-0.25, -0.2) is 8.42 Å². The van der Waals surface area contributed by atoms with Crippen LogP contribution in [-0.2, 0) is 26.2 Å². The molecule has 1 atom stereocenters. The fraction of sp³-hybridized carbons (Fsp3) is 0.286. The Kier molecular flexibility index (Phi) is 11.5. The number of rotatable bonds is 12. The molecule has 40 heavy (non-hydrogen) atoms. The molecule has 12 heteroatoms. The summed E-state index contributed by atoms with van der Waals surface area (Å²) < 4.78 is 28.6. The predicted molar refractivity (Wildman–Crippen MR) is 162 cm³/mol. The predicted octanol–water partition coefficient (Wildman–Crippen LogP) is 6.83. The summed E-state index contributed by atoms with van der Waals surface area (Å²) in [6.45, 7) is 3.43. The van der Waals surface area contributed by atoms with Gasteiger partial charge in [0.15, 0.2) is 0 Å². The van der Waals surface area contributed by atoms with Crippen molar-refractivity contribution in [1.82, 2.24) is 10.2 Å². The third-order valence-corrected chi connectivity index (χ3v) is 8.85. The summed E-state index contributed by atoms with van der Waals surface area (Å²) >= 11 is 24.9. The van der Waals surface area contributed by atoms with E-state index in [1.807, 2.05) is 6.92 Å². The molecule has 0 aliphatic rings. The second-order valence-corrected chi connectivity index (χ2v) is 12.5. The number of benzene rings is 3. The van der Waals surface area contributed by atoms with Crippen molar-refractivity contribution in [3.63, 3.8) is 0 Å². The van der Waals surface area contributed by atoms with Gasteiger partial charge in [0.1, 0.15) is 12.6 Å². The van der Waals surface area contributed by atoms with Crippen molar-refractivity contribution in [1.29, 1.82) is 0 Å². The van der Waals surface area contributed by atoms with Gasteiger partial charge in [-0.2, -0.15) is 0 Å². The van der Waals surface area contributed by atoms with E-state index in [4.69, 9.17) is 46.4 Å². The average molecular weight is 645 g/mol. The minimum atomic E-state index is -4.25. The first-order valence-corrected chi connectivity index (χ1v) is 15.5. The number of carbonyl (C=O) groups excluding carboxylic acids is 2. The SMILES string of the molecule is CCCNC(=O)[C@@H](CC)N(Cc1ccc(Cl)cc1Cl)C(=O)CN(c1cc(Cl)cc(Cl)c1)S(=O)(=O)c1ccccc1. The fourth-order valence-corrected chi connectivity index (χ4v) is 6.45. The number of hydrogen-bond donors (Lipinski definition) is 1. The molecule has 3 aromatic rings. The van der Waals surface area contributed by atoms with E-state index in [-0.39, 0.29) is 39.5 Å². The maximum atomic E-state index is 14.0. The first-order chi connectivity index (χ1) is 19.0. The molecule has 0 unspecified atom stereocenters. The number of carbonyl (C=O) groups is 2. The highest BCUT2D eigenvalue weighted by atomic mass is 35.5. The van der Waals surface area contributed by atoms with Crippen LogP contribution in [0, 0.1) is 0 Å². The first-order valence-electron chi connectivity index (χ1n) is 12.5. The molecule has 0 aliphatic heterocycles. The van der Waals surface area contributed by atoms with Gasteiger partial charge >= 0.3 is 0 Å². The zero-order chi connectivity index (χ0) is 29.4. The number of halogens is 4. The summed E-state index contributed by atoms with van der Waals surface area (Å²) in [6.07, 6.45) is 0.985. The molecular weight excluding hydrogens is 616 g/mol. The van der Waals surface area contributed by atoms with Gasteiger partial charge in [0.25, 0.3) is 10.0 Å². The maximum Gasteiger partial charge on any atom is 0.264 e. The molecule has 0 aromatic heterocycles. The van der Waals surface area contributed by atoms with Gasteiger partial charge in [-0.15, -0.1) is 0 Å². The van der Waals surface area contributed by atoms with Gasteiger partial charge in [0, 0.05) is 33.2 Å². The molecule has 7 nitrogen and oxygen atoms in total. The van der Waals surface area contributed by atoms with Crippen molar-refractivity contribution < 1.29 is 18.0 Å². The topological polar surface area (TPSA) is 86.8 Å². The number of anilines is 1. The quantitative estimate of drug-likeness (QED) is 0.234. The smallest absolute Gasteiger partial charge is 0.264 e.